The van der Waals surface area contributed by atoms with Crippen molar-refractivity contribution < 1.29 is 24.5 Å². The average Bonchev–Trinajstić information content (AvgIpc) is 3.04. The van der Waals surface area contributed by atoms with Gasteiger partial charge in [0.25, 0.3) is 11.7 Å². The van der Waals surface area contributed by atoms with Crippen molar-refractivity contribution in [3.63, 3.8) is 0 Å². The number of methoxy groups -OCH3 is 1. The van der Waals surface area contributed by atoms with Gasteiger partial charge in [-0.25, -0.2) is 0 Å². The third kappa shape index (κ3) is 3.73. The highest BCUT2D eigenvalue weighted by Gasteiger charge is 2.46. The first-order chi connectivity index (χ1) is 15.0. The number of Topliss-reactive ketones (excluding diaryl/α,β-unsaturated/α-hetero) is 1. The van der Waals surface area contributed by atoms with E-state index in [0.29, 0.717) is 16.9 Å². The molecule has 1 amide bonds. The predicted molar refractivity (Wildman–Crippen MR) is 113 cm³/mol. The number of ketones is 1. The first-order valence-corrected chi connectivity index (χ1v) is 9.61. The predicted octanol–water partition coefficient (Wildman–Crippen LogP) is 3.42. The zero-order valence-corrected chi connectivity index (χ0v) is 16.7. The molecule has 0 radical (unpaired) electrons. The number of benzene rings is 2. The number of aliphatic hydroxyl groups excluding tert-OH is 1. The highest BCUT2D eigenvalue weighted by Crippen LogP contribution is 2.41. The van der Waals surface area contributed by atoms with Crippen molar-refractivity contribution in [2.24, 2.45) is 0 Å². The first-order valence-electron chi connectivity index (χ1n) is 9.61. The molecule has 1 aliphatic heterocycles. The van der Waals surface area contributed by atoms with Crippen LogP contribution in [0.3, 0.4) is 0 Å². The van der Waals surface area contributed by atoms with Crippen molar-refractivity contribution in [1.82, 2.24) is 9.88 Å². The van der Waals surface area contributed by atoms with Gasteiger partial charge in [-0.2, -0.15) is 0 Å². The summed E-state index contributed by atoms with van der Waals surface area (Å²) in [6.45, 7) is 0.132. The molecule has 1 aliphatic rings. The lowest BCUT2D eigenvalue weighted by Gasteiger charge is -2.25. The molecule has 3 aromatic rings. The average molecular weight is 416 g/mol. The van der Waals surface area contributed by atoms with Gasteiger partial charge in [-0.15, -0.1) is 0 Å². The number of amides is 1. The number of nitrogens with zero attached hydrogens (tertiary/aromatic N) is 2. The second-order valence-electron chi connectivity index (χ2n) is 7.08. The summed E-state index contributed by atoms with van der Waals surface area (Å²) in [5, 5.41) is 20.8. The number of phenolic OH excluding ortho intramolecular Hbond substituents is 1. The van der Waals surface area contributed by atoms with E-state index in [1.54, 1.807) is 60.9 Å². The van der Waals surface area contributed by atoms with E-state index in [4.69, 9.17) is 4.74 Å². The maximum atomic E-state index is 13.1. The normalized spacial score (nSPS) is 17.7. The van der Waals surface area contributed by atoms with Gasteiger partial charge in [0.2, 0.25) is 0 Å². The highest BCUT2D eigenvalue weighted by molar-refractivity contribution is 6.46. The molecule has 4 rings (SSSR count). The van der Waals surface area contributed by atoms with Gasteiger partial charge in [0.15, 0.2) is 0 Å². The van der Waals surface area contributed by atoms with Gasteiger partial charge in [-0.1, -0.05) is 30.3 Å². The van der Waals surface area contributed by atoms with Gasteiger partial charge < -0.3 is 19.8 Å². The number of aliphatic hydroxyl groups is 1. The van der Waals surface area contributed by atoms with Crippen molar-refractivity contribution in [3.8, 4) is 11.5 Å². The van der Waals surface area contributed by atoms with Crippen LogP contribution in [0.1, 0.15) is 22.7 Å². The summed E-state index contributed by atoms with van der Waals surface area (Å²) in [5.74, 6) is -1.40. The molecular weight excluding hydrogens is 396 g/mol. The Balaban J connectivity index is 1.89. The van der Waals surface area contributed by atoms with Gasteiger partial charge in [0.1, 0.15) is 17.3 Å². The molecule has 0 aliphatic carbocycles. The Bertz CT molecular complexity index is 1160. The fraction of sp³-hybridized carbons (Fsp3) is 0.125. The fourth-order valence-corrected chi connectivity index (χ4v) is 3.72. The Labute approximate surface area is 178 Å². The van der Waals surface area contributed by atoms with E-state index in [2.05, 4.69) is 4.98 Å². The molecule has 2 N–H and O–H groups in total. The molecule has 7 nitrogen and oxygen atoms in total. The molecule has 1 saturated heterocycles. The molecule has 156 valence electrons. The molecule has 2 heterocycles. The fourth-order valence-electron chi connectivity index (χ4n) is 3.72. The summed E-state index contributed by atoms with van der Waals surface area (Å²) in [7, 11) is 1.46. The largest absolute Gasteiger partial charge is 0.508 e. The summed E-state index contributed by atoms with van der Waals surface area (Å²) < 4.78 is 5.32. The van der Waals surface area contributed by atoms with Crippen molar-refractivity contribution in [1.29, 1.82) is 0 Å². The van der Waals surface area contributed by atoms with Crippen LogP contribution in [0, 0.1) is 0 Å². The molecule has 2 aromatic carbocycles. The number of pyridine rings is 1. The second kappa shape index (κ2) is 8.31. The number of ether oxygens (including phenoxy) is 1. The lowest BCUT2D eigenvalue weighted by molar-refractivity contribution is -0.140. The van der Waals surface area contributed by atoms with Crippen LogP contribution in [0.5, 0.6) is 11.5 Å². The maximum absolute atomic E-state index is 13.1. The molecule has 1 fully saturated rings. The van der Waals surface area contributed by atoms with E-state index in [-0.39, 0.29) is 23.6 Å². The zero-order valence-electron chi connectivity index (χ0n) is 16.7. The Morgan fingerprint density at radius 3 is 2.48 bits per heavy atom. The topological polar surface area (TPSA) is 100.0 Å². The van der Waals surface area contributed by atoms with Crippen LogP contribution in [0.15, 0.2) is 78.6 Å². The summed E-state index contributed by atoms with van der Waals surface area (Å²) in [6, 6.07) is 15.6. The molecule has 31 heavy (non-hydrogen) atoms. The number of aromatic nitrogens is 1. The molecule has 1 atom stereocenters. The number of hydrogen-bond acceptors (Lipinski definition) is 6. The van der Waals surface area contributed by atoms with Gasteiger partial charge in [0.05, 0.1) is 24.3 Å². The van der Waals surface area contributed by atoms with Crippen LogP contribution in [0.4, 0.5) is 0 Å². The summed E-state index contributed by atoms with van der Waals surface area (Å²) in [4.78, 5) is 31.5. The standard InChI is InChI=1S/C24H20N2O5/c1-31-19-7-3-2-6-18(19)22(28)20-21(16-8-10-17(27)11-9-16)26(24(30)23(20)29)14-15-5-4-12-25-13-15/h2-13,21,27-28H,14H2,1H3/b22-20-. The number of hydrogen-bond donors (Lipinski definition) is 2. The van der Waals surface area contributed by atoms with Crippen LogP contribution in [-0.2, 0) is 16.1 Å². The van der Waals surface area contributed by atoms with Crippen LogP contribution in [0.25, 0.3) is 5.76 Å². The quantitative estimate of drug-likeness (QED) is 0.376. The molecule has 1 aromatic heterocycles. The third-order valence-corrected chi connectivity index (χ3v) is 5.19. The third-order valence-electron chi connectivity index (χ3n) is 5.19. The number of aromatic hydroxyl groups is 1. The number of para-hydroxylation sites is 1. The van der Waals surface area contributed by atoms with Gasteiger partial charge in [-0.3, -0.25) is 14.6 Å². The number of carbonyl (C=O) groups is 2. The van der Waals surface area contributed by atoms with E-state index in [0.717, 1.165) is 5.56 Å². The van der Waals surface area contributed by atoms with Crippen molar-refractivity contribution in [2.75, 3.05) is 7.11 Å². The van der Waals surface area contributed by atoms with Gasteiger partial charge in [0, 0.05) is 18.9 Å². The van der Waals surface area contributed by atoms with Gasteiger partial charge >= 0.3 is 0 Å². The Morgan fingerprint density at radius 2 is 1.81 bits per heavy atom. The van der Waals surface area contributed by atoms with Crippen LogP contribution >= 0.6 is 0 Å². The minimum atomic E-state index is -0.842. The van der Waals surface area contributed by atoms with E-state index in [1.807, 2.05) is 0 Å². The molecule has 0 saturated carbocycles. The van der Waals surface area contributed by atoms with Gasteiger partial charge in [-0.05, 0) is 41.5 Å². The van der Waals surface area contributed by atoms with Crippen LogP contribution in [-0.4, -0.2) is 38.9 Å². The molecule has 0 bridgehead atoms. The minimum absolute atomic E-state index is 0.0379. The van der Waals surface area contributed by atoms with Crippen LogP contribution in [0.2, 0.25) is 0 Å². The Morgan fingerprint density at radius 1 is 1.06 bits per heavy atom. The maximum Gasteiger partial charge on any atom is 0.295 e. The molecule has 7 heteroatoms. The summed E-state index contributed by atoms with van der Waals surface area (Å²) in [5.41, 5.74) is 1.60. The van der Waals surface area contributed by atoms with Crippen molar-refractivity contribution >= 4 is 17.4 Å². The lowest BCUT2D eigenvalue weighted by atomic mass is 9.95. The summed E-state index contributed by atoms with van der Waals surface area (Å²) in [6.07, 6.45) is 3.24. The van der Waals surface area contributed by atoms with Crippen molar-refractivity contribution in [3.05, 3.63) is 95.3 Å². The summed E-state index contributed by atoms with van der Waals surface area (Å²) >= 11 is 0. The number of phenols is 1. The smallest absolute Gasteiger partial charge is 0.295 e. The minimum Gasteiger partial charge on any atom is -0.508 e. The van der Waals surface area contributed by atoms with E-state index in [9.17, 15) is 19.8 Å². The Kier molecular flexibility index (Phi) is 5.41. The van der Waals surface area contributed by atoms with Crippen LogP contribution < -0.4 is 4.74 Å². The monoisotopic (exact) mass is 416 g/mol. The van der Waals surface area contributed by atoms with E-state index >= 15 is 0 Å². The lowest BCUT2D eigenvalue weighted by Crippen LogP contribution is -2.29. The number of likely N-dealkylation sites (tertiary alicyclic amines) is 1. The Hall–Kier alpha value is -4.13. The van der Waals surface area contributed by atoms with E-state index in [1.165, 1.54) is 24.1 Å². The molecule has 0 spiro atoms. The zero-order chi connectivity index (χ0) is 22.0. The highest BCUT2D eigenvalue weighted by atomic mass is 16.5. The molecular formula is C24H20N2O5. The van der Waals surface area contributed by atoms with Crippen molar-refractivity contribution in [2.45, 2.75) is 12.6 Å². The van der Waals surface area contributed by atoms with E-state index < -0.39 is 17.7 Å². The number of carbonyl (C=O) groups excluding carboxylic acids is 2. The first kappa shape index (κ1) is 20.2. The molecule has 1 unspecified atom stereocenters. The SMILES string of the molecule is COc1ccccc1/C(O)=C1/C(=O)C(=O)N(Cc2cccnc2)C1c1ccc(O)cc1. The second-order valence-corrected chi connectivity index (χ2v) is 7.08. The number of rotatable bonds is 5.